The molecule has 1 amide bonds. The minimum absolute atomic E-state index is 0.260. The Hall–Kier alpha value is -2.44. The SMILES string of the molecule is CCOCCOc1cccc(C(=O)NC(=S)Nc2ccccc2C(C)C)c1. The zero-order chi connectivity index (χ0) is 19.6. The molecular formula is C21H26N2O3S. The van der Waals surface area contributed by atoms with Crippen molar-refractivity contribution in [2.75, 3.05) is 25.1 Å². The molecule has 144 valence electrons. The summed E-state index contributed by atoms with van der Waals surface area (Å²) in [7, 11) is 0. The molecule has 0 heterocycles. The third kappa shape index (κ3) is 6.66. The van der Waals surface area contributed by atoms with Gasteiger partial charge in [-0.05, 0) is 54.9 Å². The molecule has 0 spiro atoms. The van der Waals surface area contributed by atoms with Gasteiger partial charge in [0.25, 0.3) is 5.91 Å². The molecule has 27 heavy (non-hydrogen) atoms. The Morgan fingerprint density at radius 3 is 2.63 bits per heavy atom. The molecule has 6 heteroatoms. The molecule has 0 atom stereocenters. The van der Waals surface area contributed by atoms with E-state index >= 15 is 0 Å². The van der Waals surface area contributed by atoms with Crippen molar-refractivity contribution in [3.05, 3.63) is 59.7 Å². The predicted octanol–water partition coefficient (Wildman–Crippen LogP) is 4.35. The maximum Gasteiger partial charge on any atom is 0.257 e. The lowest BCUT2D eigenvalue weighted by Gasteiger charge is -2.15. The first kappa shape index (κ1) is 20.9. The van der Waals surface area contributed by atoms with Crippen LogP contribution in [0.25, 0.3) is 0 Å². The maximum absolute atomic E-state index is 12.5. The van der Waals surface area contributed by atoms with E-state index in [0.717, 1.165) is 11.3 Å². The van der Waals surface area contributed by atoms with E-state index in [9.17, 15) is 4.79 Å². The van der Waals surface area contributed by atoms with E-state index in [-0.39, 0.29) is 11.0 Å². The molecule has 0 fully saturated rings. The summed E-state index contributed by atoms with van der Waals surface area (Å²) in [6.45, 7) is 7.75. The fraction of sp³-hybridized carbons (Fsp3) is 0.333. The Kier molecular flexibility index (Phi) is 8.23. The number of hydrogen-bond acceptors (Lipinski definition) is 4. The van der Waals surface area contributed by atoms with Crippen LogP contribution in [-0.2, 0) is 4.74 Å². The average molecular weight is 387 g/mol. The van der Waals surface area contributed by atoms with Gasteiger partial charge >= 0.3 is 0 Å². The molecule has 0 aliphatic carbocycles. The van der Waals surface area contributed by atoms with Gasteiger partial charge in [0, 0.05) is 17.9 Å². The first-order valence-electron chi connectivity index (χ1n) is 9.03. The normalized spacial score (nSPS) is 10.5. The van der Waals surface area contributed by atoms with Gasteiger partial charge in [-0.3, -0.25) is 10.1 Å². The topological polar surface area (TPSA) is 59.6 Å². The van der Waals surface area contributed by atoms with Gasteiger partial charge < -0.3 is 14.8 Å². The summed E-state index contributed by atoms with van der Waals surface area (Å²) >= 11 is 5.30. The van der Waals surface area contributed by atoms with Crippen molar-refractivity contribution in [2.45, 2.75) is 26.7 Å². The van der Waals surface area contributed by atoms with Crippen molar-refractivity contribution < 1.29 is 14.3 Å². The number of nitrogens with one attached hydrogen (secondary N) is 2. The molecule has 2 aromatic carbocycles. The third-order valence-corrected chi connectivity index (χ3v) is 4.06. The first-order chi connectivity index (χ1) is 13.0. The molecule has 0 radical (unpaired) electrons. The molecule has 0 aliphatic heterocycles. The van der Waals surface area contributed by atoms with Gasteiger partial charge in [0.05, 0.1) is 6.61 Å². The van der Waals surface area contributed by atoms with Gasteiger partial charge in [-0.25, -0.2) is 0 Å². The minimum atomic E-state index is -0.287. The fourth-order valence-corrected chi connectivity index (χ4v) is 2.74. The van der Waals surface area contributed by atoms with Crippen LogP contribution in [0.3, 0.4) is 0 Å². The van der Waals surface area contributed by atoms with Crippen LogP contribution >= 0.6 is 12.2 Å². The third-order valence-electron chi connectivity index (χ3n) is 3.85. The standard InChI is InChI=1S/C21H26N2O3S/c1-4-25-12-13-26-17-9-7-8-16(14-17)20(24)23-21(27)22-19-11-6-5-10-18(19)15(2)3/h5-11,14-15H,4,12-13H2,1-3H3,(H2,22,23,24,27). The lowest BCUT2D eigenvalue weighted by Crippen LogP contribution is -2.34. The van der Waals surface area contributed by atoms with Crippen LogP contribution in [0.1, 0.15) is 42.6 Å². The van der Waals surface area contributed by atoms with E-state index in [4.69, 9.17) is 21.7 Å². The number of ether oxygens (including phenoxy) is 2. The van der Waals surface area contributed by atoms with E-state index in [2.05, 4.69) is 24.5 Å². The lowest BCUT2D eigenvalue weighted by atomic mass is 10.0. The highest BCUT2D eigenvalue weighted by molar-refractivity contribution is 7.80. The number of rotatable bonds is 8. The molecule has 2 rings (SSSR count). The van der Waals surface area contributed by atoms with Crippen molar-refractivity contribution in [1.82, 2.24) is 5.32 Å². The minimum Gasteiger partial charge on any atom is -0.491 e. The predicted molar refractivity (Wildman–Crippen MR) is 113 cm³/mol. The number of hydrogen-bond donors (Lipinski definition) is 2. The number of thiocarbonyl (C=S) groups is 1. The van der Waals surface area contributed by atoms with Crippen LogP contribution in [0.2, 0.25) is 0 Å². The van der Waals surface area contributed by atoms with Gasteiger partial charge in [-0.1, -0.05) is 38.1 Å². The van der Waals surface area contributed by atoms with Gasteiger partial charge in [0.2, 0.25) is 0 Å². The molecule has 2 aromatic rings. The van der Waals surface area contributed by atoms with Crippen LogP contribution in [-0.4, -0.2) is 30.8 Å². The summed E-state index contributed by atoms with van der Waals surface area (Å²) in [5.41, 5.74) is 2.51. The molecule has 0 bridgehead atoms. The molecular weight excluding hydrogens is 360 g/mol. The smallest absolute Gasteiger partial charge is 0.257 e. The summed E-state index contributed by atoms with van der Waals surface area (Å²) in [4.78, 5) is 12.5. The summed E-state index contributed by atoms with van der Waals surface area (Å²) < 4.78 is 10.8. The fourth-order valence-electron chi connectivity index (χ4n) is 2.53. The summed E-state index contributed by atoms with van der Waals surface area (Å²) in [5, 5.41) is 6.08. The molecule has 0 saturated heterocycles. The Morgan fingerprint density at radius 2 is 1.89 bits per heavy atom. The number of amides is 1. The van der Waals surface area contributed by atoms with Crippen molar-refractivity contribution >= 4 is 28.9 Å². The Labute approximate surface area is 166 Å². The molecule has 2 N–H and O–H groups in total. The van der Waals surface area contributed by atoms with Gasteiger partial charge in [0.1, 0.15) is 12.4 Å². The highest BCUT2D eigenvalue weighted by Gasteiger charge is 2.11. The van der Waals surface area contributed by atoms with E-state index < -0.39 is 0 Å². The lowest BCUT2D eigenvalue weighted by molar-refractivity contribution is 0.0976. The summed E-state index contributed by atoms with van der Waals surface area (Å²) in [6, 6.07) is 14.9. The molecule has 0 aromatic heterocycles. The second kappa shape index (κ2) is 10.6. The maximum atomic E-state index is 12.5. The highest BCUT2D eigenvalue weighted by atomic mass is 32.1. The zero-order valence-electron chi connectivity index (χ0n) is 16.0. The second-order valence-corrected chi connectivity index (χ2v) is 6.63. The quantitative estimate of drug-likeness (QED) is 0.522. The average Bonchev–Trinajstić information content (AvgIpc) is 2.65. The molecule has 0 unspecified atom stereocenters. The Bertz CT molecular complexity index is 778. The zero-order valence-corrected chi connectivity index (χ0v) is 16.8. The largest absolute Gasteiger partial charge is 0.491 e. The number of para-hydroxylation sites is 1. The van der Waals surface area contributed by atoms with Gasteiger partial charge in [-0.2, -0.15) is 0 Å². The van der Waals surface area contributed by atoms with E-state index in [0.29, 0.717) is 37.1 Å². The molecule has 0 saturated carbocycles. The van der Waals surface area contributed by atoms with Crippen LogP contribution < -0.4 is 15.4 Å². The van der Waals surface area contributed by atoms with Crippen LogP contribution in [0.15, 0.2) is 48.5 Å². The van der Waals surface area contributed by atoms with Gasteiger partial charge in [0.15, 0.2) is 5.11 Å². The summed E-state index contributed by atoms with van der Waals surface area (Å²) in [5.74, 6) is 0.675. The second-order valence-electron chi connectivity index (χ2n) is 6.22. The molecule has 0 aliphatic rings. The van der Waals surface area contributed by atoms with Gasteiger partial charge in [-0.15, -0.1) is 0 Å². The van der Waals surface area contributed by atoms with E-state index in [1.807, 2.05) is 31.2 Å². The van der Waals surface area contributed by atoms with Crippen molar-refractivity contribution in [3.8, 4) is 5.75 Å². The summed E-state index contributed by atoms with van der Waals surface area (Å²) in [6.07, 6.45) is 0. The Balaban J connectivity index is 1.96. The van der Waals surface area contributed by atoms with E-state index in [1.54, 1.807) is 24.3 Å². The number of carbonyl (C=O) groups excluding carboxylic acids is 1. The Morgan fingerprint density at radius 1 is 1.11 bits per heavy atom. The number of anilines is 1. The van der Waals surface area contributed by atoms with Crippen molar-refractivity contribution in [1.29, 1.82) is 0 Å². The number of benzene rings is 2. The van der Waals surface area contributed by atoms with Crippen LogP contribution in [0, 0.1) is 0 Å². The van der Waals surface area contributed by atoms with Crippen LogP contribution in [0.5, 0.6) is 5.75 Å². The number of carbonyl (C=O) groups is 1. The van der Waals surface area contributed by atoms with Crippen molar-refractivity contribution in [2.24, 2.45) is 0 Å². The molecule has 5 nitrogen and oxygen atoms in total. The van der Waals surface area contributed by atoms with Crippen molar-refractivity contribution in [3.63, 3.8) is 0 Å². The monoisotopic (exact) mass is 386 g/mol. The van der Waals surface area contributed by atoms with Crippen LogP contribution in [0.4, 0.5) is 5.69 Å². The van der Waals surface area contributed by atoms with E-state index in [1.165, 1.54) is 0 Å². The highest BCUT2D eigenvalue weighted by Crippen LogP contribution is 2.23. The first-order valence-corrected chi connectivity index (χ1v) is 9.44.